The number of nitrogens with one attached hydrogen (secondary N) is 1. The van der Waals surface area contributed by atoms with Crippen molar-refractivity contribution in [1.29, 1.82) is 0 Å². The molecule has 2 aromatic rings. The number of hydrogen-bond acceptors (Lipinski definition) is 6. The molecule has 1 aromatic heterocycles. The Balaban J connectivity index is 2.48. The summed E-state index contributed by atoms with van der Waals surface area (Å²) < 4.78 is 31.2. The Hall–Kier alpha value is -2.55. The van der Waals surface area contributed by atoms with Crippen LogP contribution in [0, 0.1) is 6.92 Å². The van der Waals surface area contributed by atoms with E-state index in [2.05, 4.69) is 9.88 Å². The number of carboxylic acids is 1. The largest absolute Gasteiger partial charge is 0.478 e. The van der Waals surface area contributed by atoms with Gasteiger partial charge in [0.15, 0.2) is 5.82 Å². The number of benzene rings is 1. The molecule has 0 saturated carbocycles. The van der Waals surface area contributed by atoms with Crippen LogP contribution in [0.1, 0.15) is 16.1 Å². The highest BCUT2D eigenvalue weighted by atomic mass is 32.2. The van der Waals surface area contributed by atoms with E-state index in [0.29, 0.717) is 5.76 Å². The van der Waals surface area contributed by atoms with Gasteiger partial charge in [0, 0.05) is 11.8 Å². The Morgan fingerprint density at radius 2 is 2.10 bits per heavy atom. The number of rotatable bonds is 4. The topological polar surface area (TPSA) is 136 Å². The number of aromatic carboxylic acids is 1. The second-order valence-electron chi connectivity index (χ2n) is 3.99. The summed E-state index contributed by atoms with van der Waals surface area (Å²) in [5.41, 5.74) is 5.25. The maximum absolute atomic E-state index is 12.2. The SMILES string of the molecule is Cc1cc(NS(=O)(=O)c2cc(N)ccc2C(=O)O)no1. The van der Waals surface area contributed by atoms with Gasteiger partial charge in [-0.15, -0.1) is 0 Å². The summed E-state index contributed by atoms with van der Waals surface area (Å²) in [4.78, 5) is 10.6. The molecule has 2 rings (SSSR count). The van der Waals surface area contributed by atoms with Crippen LogP contribution in [0.4, 0.5) is 11.5 Å². The predicted molar refractivity (Wildman–Crippen MR) is 69.9 cm³/mol. The van der Waals surface area contributed by atoms with Gasteiger partial charge in [0.2, 0.25) is 0 Å². The smallest absolute Gasteiger partial charge is 0.337 e. The van der Waals surface area contributed by atoms with Crippen LogP contribution in [0.25, 0.3) is 0 Å². The van der Waals surface area contributed by atoms with Crippen LogP contribution in [0.3, 0.4) is 0 Å². The first kappa shape index (κ1) is 13.9. The number of nitrogens with two attached hydrogens (primary N) is 1. The standard InChI is InChI=1S/C11H11N3O5S/c1-6-4-10(13-19-6)14-20(17,18)9-5-7(12)2-3-8(9)11(15)16/h2-5H,12H2,1H3,(H,13,14)(H,15,16). The van der Waals surface area contributed by atoms with Crippen molar-refractivity contribution in [2.45, 2.75) is 11.8 Å². The third-order valence-electron chi connectivity index (χ3n) is 2.39. The van der Waals surface area contributed by atoms with Crippen molar-refractivity contribution in [3.8, 4) is 0 Å². The van der Waals surface area contributed by atoms with Crippen molar-refractivity contribution in [2.75, 3.05) is 10.5 Å². The van der Waals surface area contributed by atoms with Crippen molar-refractivity contribution < 1.29 is 22.8 Å². The van der Waals surface area contributed by atoms with E-state index in [1.54, 1.807) is 6.92 Å². The quantitative estimate of drug-likeness (QED) is 0.718. The van der Waals surface area contributed by atoms with Crippen molar-refractivity contribution >= 4 is 27.5 Å². The molecule has 20 heavy (non-hydrogen) atoms. The lowest BCUT2D eigenvalue weighted by molar-refractivity contribution is 0.0692. The van der Waals surface area contributed by atoms with E-state index >= 15 is 0 Å². The Bertz CT molecular complexity index is 766. The molecule has 1 heterocycles. The number of aryl methyl sites for hydroxylation is 1. The summed E-state index contributed by atoms with van der Waals surface area (Å²) in [6, 6.07) is 4.87. The van der Waals surface area contributed by atoms with E-state index in [0.717, 1.165) is 12.1 Å². The number of carbonyl (C=O) groups is 1. The van der Waals surface area contributed by atoms with E-state index < -0.39 is 20.9 Å². The molecule has 0 aliphatic heterocycles. The zero-order chi connectivity index (χ0) is 14.9. The van der Waals surface area contributed by atoms with Crippen LogP contribution in [0.2, 0.25) is 0 Å². The van der Waals surface area contributed by atoms with Gasteiger partial charge < -0.3 is 15.4 Å². The highest BCUT2D eigenvalue weighted by Gasteiger charge is 2.23. The first-order valence-corrected chi connectivity index (χ1v) is 6.87. The molecule has 0 aliphatic rings. The molecule has 0 saturated heterocycles. The van der Waals surface area contributed by atoms with Gasteiger partial charge in [-0.05, 0) is 25.1 Å². The van der Waals surface area contributed by atoms with Gasteiger partial charge in [0.1, 0.15) is 10.7 Å². The number of aromatic nitrogens is 1. The summed E-state index contributed by atoms with van der Waals surface area (Å²) in [6.45, 7) is 1.59. The van der Waals surface area contributed by atoms with E-state index in [9.17, 15) is 13.2 Å². The fraction of sp³-hybridized carbons (Fsp3) is 0.0909. The highest BCUT2D eigenvalue weighted by Crippen LogP contribution is 2.22. The average molecular weight is 297 g/mol. The highest BCUT2D eigenvalue weighted by molar-refractivity contribution is 7.92. The van der Waals surface area contributed by atoms with E-state index in [1.807, 2.05) is 0 Å². The third-order valence-corrected chi connectivity index (χ3v) is 3.79. The summed E-state index contributed by atoms with van der Waals surface area (Å²) in [5.74, 6) is -1.00. The molecule has 0 fully saturated rings. The molecule has 0 unspecified atom stereocenters. The van der Waals surface area contributed by atoms with Gasteiger partial charge >= 0.3 is 5.97 Å². The van der Waals surface area contributed by atoms with Gasteiger partial charge in [-0.2, -0.15) is 0 Å². The van der Waals surface area contributed by atoms with Crippen molar-refractivity contribution in [1.82, 2.24) is 5.16 Å². The molecule has 8 nitrogen and oxygen atoms in total. The Morgan fingerprint density at radius 3 is 2.65 bits per heavy atom. The minimum Gasteiger partial charge on any atom is -0.478 e. The van der Waals surface area contributed by atoms with Crippen molar-refractivity contribution in [3.63, 3.8) is 0 Å². The van der Waals surface area contributed by atoms with E-state index in [1.165, 1.54) is 12.1 Å². The predicted octanol–water partition coefficient (Wildman–Crippen LogP) is 1.06. The normalized spacial score (nSPS) is 11.2. The van der Waals surface area contributed by atoms with E-state index in [4.69, 9.17) is 15.4 Å². The van der Waals surface area contributed by atoms with Crippen LogP contribution in [0.5, 0.6) is 0 Å². The second-order valence-corrected chi connectivity index (χ2v) is 5.64. The molecule has 0 aliphatic carbocycles. The summed E-state index contributed by atoms with van der Waals surface area (Å²) in [6.07, 6.45) is 0. The van der Waals surface area contributed by atoms with Gasteiger partial charge in [0.25, 0.3) is 10.0 Å². The van der Waals surface area contributed by atoms with Crippen LogP contribution in [-0.2, 0) is 10.0 Å². The van der Waals surface area contributed by atoms with Crippen LogP contribution < -0.4 is 10.5 Å². The Labute approximate surface area is 114 Å². The maximum atomic E-state index is 12.2. The van der Waals surface area contributed by atoms with E-state index in [-0.39, 0.29) is 17.1 Å². The summed E-state index contributed by atoms with van der Waals surface area (Å²) in [7, 11) is -4.13. The second kappa shape index (κ2) is 4.85. The number of anilines is 2. The minimum atomic E-state index is -4.13. The molecular formula is C11H11N3O5S. The Kier molecular flexibility index (Phi) is 3.36. The summed E-state index contributed by atoms with van der Waals surface area (Å²) in [5, 5.41) is 12.5. The van der Waals surface area contributed by atoms with Crippen molar-refractivity contribution in [2.24, 2.45) is 0 Å². The van der Waals surface area contributed by atoms with Crippen molar-refractivity contribution in [3.05, 3.63) is 35.6 Å². The van der Waals surface area contributed by atoms with Gasteiger partial charge in [-0.25, -0.2) is 13.2 Å². The maximum Gasteiger partial charge on any atom is 0.337 e. The average Bonchev–Trinajstić information content (AvgIpc) is 2.73. The fourth-order valence-electron chi connectivity index (χ4n) is 1.55. The number of carboxylic acid groups (broad SMARTS) is 1. The lowest BCUT2D eigenvalue weighted by atomic mass is 10.2. The third kappa shape index (κ3) is 2.72. The molecular weight excluding hydrogens is 286 g/mol. The number of sulfonamides is 1. The zero-order valence-electron chi connectivity index (χ0n) is 10.3. The van der Waals surface area contributed by atoms with Gasteiger partial charge in [0.05, 0.1) is 5.56 Å². The fourth-order valence-corrected chi connectivity index (χ4v) is 2.76. The van der Waals surface area contributed by atoms with Gasteiger partial charge in [-0.1, -0.05) is 5.16 Å². The zero-order valence-corrected chi connectivity index (χ0v) is 11.1. The first-order valence-electron chi connectivity index (χ1n) is 5.38. The molecule has 9 heteroatoms. The lowest BCUT2D eigenvalue weighted by Crippen LogP contribution is -2.17. The molecule has 0 radical (unpaired) electrons. The molecule has 106 valence electrons. The molecule has 4 N–H and O–H groups in total. The lowest BCUT2D eigenvalue weighted by Gasteiger charge is -2.08. The molecule has 0 spiro atoms. The number of nitrogens with zero attached hydrogens (tertiary/aromatic N) is 1. The molecule has 0 amide bonds. The molecule has 0 atom stereocenters. The number of hydrogen-bond donors (Lipinski definition) is 3. The molecule has 0 bridgehead atoms. The number of nitrogen functional groups attached to an aromatic ring is 1. The first-order chi connectivity index (χ1) is 9.29. The minimum absolute atomic E-state index is 0.0405. The van der Waals surface area contributed by atoms with Gasteiger partial charge in [-0.3, -0.25) is 4.72 Å². The monoisotopic (exact) mass is 297 g/mol. The van der Waals surface area contributed by atoms with Crippen LogP contribution in [-0.4, -0.2) is 24.7 Å². The summed E-state index contributed by atoms with van der Waals surface area (Å²) >= 11 is 0. The van der Waals surface area contributed by atoms with Crippen LogP contribution >= 0.6 is 0 Å². The van der Waals surface area contributed by atoms with Crippen LogP contribution in [0.15, 0.2) is 33.7 Å². The Morgan fingerprint density at radius 1 is 1.40 bits per heavy atom. The molecule has 1 aromatic carbocycles.